The fourth-order valence-electron chi connectivity index (χ4n) is 0.812. The number of rotatable bonds is 3. The van der Waals surface area contributed by atoms with E-state index in [1.54, 1.807) is 6.07 Å². The Labute approximate surface area is 71.5 Å². The number of thiol groups is 1. The zero-order chi connectivity index (χ0) is 8.10. The van der Waals surface area contributed by atoms with Crippen LogP contribution in [0.2, 0.25) is 0 Å². The van der Waals surface area contributed by atoms with E-state index in [-0.39, 0.29) is 0 Å². The average molecular weight is 169 g/mol. The second-order valence-corrected chi connectivity index (χ2v) is 2.71. The first kappa shape index (κ1) is 8.33. The second kappa shape index (κ2) is 4.18. The molecular weight excluding hydrogens is 158 g/mol. The first-order valence-electron chi connectivity index (χ1n) is 3.50. The van der Waals surface area contributed by atoms with Crippen LogP contribution in [0.25, 0.3) is 0 Å². The maximum Gasteiger partial charge on any atom is 0.126 e. The normalized spacial score (nSPS) is 9.91. The zero-order valence-electron chi connectivity index (χ0n) is 6.20. The largest absolute Gasteiger partial charge is 0.384 e. The Bertz CT molecular complexity index is 227. The molecule has 0 aromatic carbocycles. The van der Waals surface area contributed by atoms with Gasteiger partial charge in [-0.3, -0.25) is 0 Å². The number of nitrogens with two attached hydrogens (primary N) is 1. The Hall–Kier alpha value is -0.770. The number of aryl methyl sites for hydroxylation is 1. The monoisotopic (exact) mass is 169 g/mol. The molecule has 0 fully saturated rings. The summed E-state index contributed by atoms with van der Waals surface area (Å²) >= 11 is 4.10. The fraction of sp³-hybridized carbons (Fsp3) is 0.429. The highest BCUT2D eigenvalue weighted by Crippen LogP contribution is 2.02. The van der Waals surface area contributed by atoms with Gasteiger partial charge in [0.05, 0.1) is 0 Å². The highest BCUT2D eigenvalue weighted by atomic mass is 32.1. The summed E-state index contributed by atoms with van der Waals surface area (Å²) in [4.78, 5) is 7.85. The average Bonchev–Trinajstić information content (AvgIpc) is 2.01. The summed E-state index contributed by atoms with van der Waals surface area (Å²) < 4.78 is 0. The molecule has 2 N–H and O–H groups in total. The molecule has 0 amide bonds. The highest BCUT2D eigenvalue weighted by Gasteiger charge is 1.93. The SMILES string of the molecule is Nc1cc(CCCS)ncn1. The smallest absolute Gasteiger partial charge is 0.126 e. The molecule has 1 aromatic rings. The molecule has 1 aromatic heterocycles. The van der Waals surface area contributed by atoms with Crippen molar-refractivity contribution in [3.63, 3.8) is 0 Å². The number of anilines is 1. The van der Waals surface area contributed by atoms with Gasteiger partial charge in [-0.15, -0.1) is 0 Å². The molecule has 0 aliphatic carbocycles. The van der Waals surface area contributed by atoms with Crippen LogP contribution >= 0.6 is 12.6 Å². The maximum atomic E-state index is 5.46. The predicted octanol–water partition coefficient (Wildman–Crippen LogP) is 0.921. The topological polar surface area (TPSA) is 51.8 Å². The van der Waals surface area contributed by atoms with Crippen LogP contribution < -0.4 is 5.73 Å². The summed E-state index contributed by atoms with van der Waals surface area (Å²) in [6, 6.07) is 1.80. The van der Waals surface area contributed by atoms with Gasteiger partial charge < -0.3 is 5.73 Å². The highest BCUT2D eigenvalue weighted by molar-refractivity contribution is 7.80. The number of nitrogens with zero attached hydrogens (tertiary/aromatic N) is 2. The van der Waals surface area contributed by atoms with Crippen molar-refractivity contribution in [1.82, 2.24) is 9.97 Å². The van der Waals surface area contributed by atoms with E-state index in [1.165, 1.54) is 6.33 Å². The molecule has 0 saturated carbocycles. The first-order chi connectivity index (χ1) is 5.33. The summed E-state index contributed by atoms with van der Waals surface area (Å²) in [7, 11) is 0. The molecule has 1 rings (SSSR count). The van der Waals surface area contributed by atoms with Crippen LogP contribution in [-0.4, -0.2) is 15.7 Å². The van der Waals surface area contributed by atoms with E-state index in [9.17, 15) is 0 Å². The minimum Gasteiger partial charge on any atom is -0.384 e. The molecule has 0 atom stereocenters. The lowest BCUT2D eigenvalue weighted by Gasteiger charge is -1.97. The lowest BCUT2D eigenvalue weighted by molar-refractivity contribution is 0.884. The van der Waals surface area contributed by atoms with Crippen molar-refractivity contribution in [3.05, 3.63) is 18.1 Å². The number of hydrogen-bond donors (Lipinski definition) is 2. The summed E-state index contributed by atoms with van der Waals surface area (Å²) in [5.41, 5.74) is 6.45. The van der Waals surface area contributed by atoms with E-state index in [1.807, 2.05) is 0 Å². The van der Waals surface area contributed by atoms with Crippen molar-refractivity contribution in [2.45, 2.75) is 12.8 Å². The van der Waals surface area contributed by atoms with Crippen LogP contribution in [0.1, 0.15) is 12.1 Å². The fourth-order valence-corrected chi connectivity index (χ4v) is 0.970. The van der Waals surface area contributed by atoms with E-state index in [4.69, 9.17) is 5.73 Å². The molecule has 60 valence electrons. The molecule has 0 unspecified atom stereocenters. The molecule has 3 nitrogen and oxygen atoms in total. The standard InChI is InChI=1S/C7H11N3S/c8-7-4-6(2-1-3-11)9-5-10-7/h4-5,11H,1-3H2,(H2,8,9,10). The van der Waals surface area contributed by atoms with Gasteiger partial charge in [0.1, 0.15) is 12.1 Å². The molecule has 0 bridgehead atoms. The predicted molar refractivity (Wildman–Crippen MR) is 48.6 cm³/mol. The van der Waals surface area contributed by atoms with Crippen LogP contribution in [0.5, 0.6) is 0 Å². The Balaban J connectivity index is 2.56. The molecule has 0 aliphatic rings. The van der Waals surface area contributed by atoms with E-state index in [2.05, 4.69) is 22.6 Å². The summed E-state index contributed by atoms with van der Waals surface area (Å²) in [6.45, 7) is 0. The van der Waals surface area contributed by atoms with E-state index < -0.39 is 0 Å². The van der Waals surface area contributed by atoms with Crippen LogP contribution in [0.15, 0.2) is 12.4 Å². The molecular formula is C7H11N3S. The lowest BCUT2D eigenvalue weighted by Crippen LogP contribution is -1.96. The van der Waals surface area contributed by atoms with Gasteiger partial charge in [0.25, 0.3) is 0 Å². The van der Waals surface area contributed by atoms with Gasteiger partial charge in [-0.1, -0.05) is 0 Å². The van der Waals surface area contributed by atoms with E-state index in [0.29, 0.717) is 5.82 Å². The van der Waals surface area contributed by atoms with Gasteiger partial charge >= 0.3 is 0 Å². The first-order valence-corrected chi connectivity index (χ1v) is 4.13. The second-order valence-electron chi connectivity index (χ2n) is 2.26. The Kier molecular flexibility index (Phi) is 3.16. The van der Waals surface area contributed by atoms with Crippen molar-refractivity contribution in [1.29, 1.82) is 0 Å². The van der Waals surface area contributed by atoms with Crippen LogP contribution in [0.3, 0.4) is 0 Å². The minimum atomic E-state index is 0.536. The Morgan fingerprint density at radius 3 is 2.91 bits per heavy atom. The van der Waals surface area contributed by atoms with Gasteiger partial charge in [0.2, 0.25) is 0 Å². The molecule has 0 aliphatic heterocycles. The van der Waals surface area contributed by atoms with E-state index in [0.717, 1.165) is 24.3 Å². The van der Waals surface area contributed by atoms with Crippen molar-refractivity contribution >= 4 is 18.4 Å². The molecule has 0 saturated heterocycles. The van der Waals surface area contributed by atoms with Crippen molar-refractivity contribution in [2.24, 2.45) is 0 Å². The number of aromatic nitrogens is 2. The summed E-state index contributed by atoms with van der Waals surface area (Å²) in [5, 5.41) is 0. The third-order valence-electron chi connectivity index (χ3n) is 1.34. The van der Waals surface area contributed by atoms with Crippen molar-refractivity contribution < 1.29 is 0 Å². The van der Waals surface area contributed by atoms with Crippen molar-refractivity contribution in [3.8, 4) is 0 Å². The van der Waals surface area contributed by atoms with Gasteiger partial charge in [-0.2, -0.15) is 12.6 Å². The summed E-state index contributed by atoms with van der Waals surface area (Å²) in [5.74, 6) is 1.42. The van der Waals surface area contributed by atoms with Crippen LogP contribution in [-0.2, 0) is 6.42 Å². The molecule has 11 heavy (non-hydrogen) atoms. The summed E-state index contributed by atoms with van der Waals surface area (Å²) in [6.07, 6.45) is 3.44. The quantitative estimate of drug-likeness (QED) is 0.662. The number of hydrogen-bond acceptors (Lipinski definition) is 4. The third kappa shape index (κ3) is 2.76. The van der Waals surface area contributed by atoms with Gasteiger partial charge in [0, 0.05) is 11.8 Å². The van der Waals surface area contributed by atoms with Gasteiger partial charge in [-0.25, -0.2) is 9.97 Å². The van der Waals surface area contributed by atoms with E-state index >= 15 is 0 Å². The minimum absolute atomic E-state index is 0.536. The van der Waals surface area contributed by atoms with Crippen molar-refractivity contribution in [2.75, 3.05) is 11.5 Å². The van der Waals surface area contributed by atoms with Gasteiger partial charge in [0.15, 0.2) is 0 Å². The maximum absolute atomic E-state index is 5.46. The molecule has 4 heteroatoms. The lowest BCUT2D eigenvalue weighted by atomic mass is 10.2. The molecule has 0 radical (unpaired) electrons. The van der Waals surface area contributed by atoms with Gasteiger partial charge in [-0.05, 0) is 18.6 Å². The molecule has 1 heterocycles. The zero-order valence-corrected chi connectivity index (χ0v) is 7.09. The Morgan fingerprint density at radius 1 is 1.45 bits per heavy atom. The Morgan fingerprint density at radius 2 is 2.27 bits per heavy atom. The number of nitrogen functional groups attached to an aromatic ring is 1. The third-order valence-corrected chi connectivity index (χ3v) is 1.65. The van der Waals surface area contributed by atoms with Crippen LogP contribution in [0, 0.1) is 0 Å². The molecule has 0 spiro atoms. The van der Waals surface area contributed by atoms with Crippen LogP contribution in [0.4, 0.5) is 5.82 Å².